The van der Waals surface area contributed by atoms with Gasteiger partial charge in [-0.15, -0.1) is 23.5 Å². The predicted molar refractivity (Wildman–Crippen MR) is 283 cm³/mol. The number of rotatable bonds is 12. The summed E-state index contributed by atoms with van der Waals surface area (Å²) < 4.78 is 0. The molecule has 6 N–H and O–H groups in total. The van der Waals surface area contributed by atoms with Gasteiger partial charge < -0.3 is 51.5 Å². The van der Waals surface area contributed by atoms with E-state index in [1.165, 1.54) is 0 Å². The second-order valence-electron chi connectivity index (χ2n) is 22.7. The molecule has 5 saturated heterocycles. The van der Waals surface area contributed by atoms with Crippen LogP contribution in [0.15, 0.2) is 48.5 Å². The van der Waals surface area contributed by atoms with Crippen molar-refractivity contribution in [3.63, 3.8) is 0 Å². The molecule has 5 aliphatic heterocycles. The number of likely N-dealkylation sites (N-methyl/N-ethyl adjacent to an activating group) is 2. The first-order valence-electron chi connectivity index (χ1n) is 26.4. The molecule has 0 radical (unpaired) electrons. The van der Waals surface area contributed by atoms with E-state index in [1.807, 2.05) is 76.2 Å². The number of thioether (sulfide) groups is 2. The molecule has 2 aliphatic carbocycles. The van der Waals surface area contributed by atoms with E-state index in [1.54, 1.807) is 71.1 Å². The second kappa shape index (κ2) is 21.4. The first-order chi connectivity index (χ1) is 35.2. The number of benzene rings is 2. The first-order valence-corrected chi connectivity index (χ1v) is 28.5. The molecular formula is C54H74N10O8S2. The van der Waals surface area contributed by atoms with Gasteiger partial charge in [0.25, 0.3) is 0 Å². The monoisotopic (exact) mass is 1050 g/mol. The van der Waals surface area contributed by atoms with E-state index in [2.05, 4.69) is 31.9 Å². The number of fused-ring (bicyclic) bond motifs is 4. The smallest absolute Gasteiger partial charge is 0.246 e. The van der Waals surface area contributed by atoms with Crippen LogP contribution in [0.4, 0.5) is 0 Å². The Morgan fingerprint density at radius 3 is 1.30 bits per heavy atom. The van der Waals surface area contributed by atoms with Crippen molar-refractivity contribution in [2.45, 2.75) is 139 Å². The summed E-state index contributed by atoms with van der Waals surface area (Å²) in [7, 11) is 3.37. The van der Waals surface area contributed by atoms with Crippen LogP contribution in [0.1, 0.15) is 102 Å². The van der Waals surface area contributed by atoms with Crippen molar-refractivity contribution in [3.8, 4) is 0 Å². The summed E-state index contributed by atoms with van der Waals surface area (Å²) in [5.41, 5.74) is 2.45. The summed E-state index contributed by atoms with van der Waals surface area (Å²) in [5.74, 6) is -1.99. The second-order valence-corrected chi connectivity index (χ2v) is 25.3. The summed E-state index contributed by atoms with van der Waals surface area (Å²) in [6.07, 6.45) is 2.93. The van der Waals surface area contributed by atoms with Crippen LogP contribution in [0, 0.1) is 22.7 Å². The number of carbonyl (C=O) groups is 8. The number of carbonyl (C=O) groups excluding carboxylic acids is 8. The van der Waals surface area contributed by atoms with Gasteiger partial charge in [-0.2, -0.15) is 0 Å². The van der Waals surface area contributed by atoms with Crippen LogP contribution in [-0.4, -0.2) is 166 Å². The lowest BCUT2D eigenvalue weighted by molar-refractivity contribution is -0.147. The van der Waals surface area contributed by atoms with E-state index in [0.717, 1.165) is 22.3 Å². The summed E-state index contributed by atoms with van der Waals surface area (Å²) in [6.45, 7) is 12.6. The molecule has 0 aromatic heterocycles. The Balaban J connectivity index is 0.880. The highest BCUT2D eigenvalue weighted by molar-refractivity contribution is 8.00. The van der Waals surface area contributed by atoms with Crippen LogP contribution in [0.5, 0.6) is 0 Å². The van der Waals surface area contributed by atoms with Gasteiger partial charge in [0.15, 0.2) is 0 Å². The van der Waals surface area contributed by atoms with Crippen LogP contribution >= 0.6 is 23.5 Å². The SMILES string of the molecule is CN[C@@H](C)C(=O)N[C@@H]1CCSC2CC(C)(C)[C@@H](C(=O)N[C@H]3c4ccccc4C[C@H]3C(=O)N3CCN(C(=O)[C@@H]4Cc5ccccc5[C@@H]4NC(=O)[C@H]4N5C(=O)[C@H](NC(=O)[C@H](C)NC)CCSC5CC4(C)C)CC3)N2C1=O. The molecule has 2 unspecified atom stereocenters. The molecule has 8 amide bonds. The van der Waals surface area contributed by atoms with Gasteiger partial charge >= 0.3 is 0 Å². The molecule has 400 valence electrons. The molecule has 9 rings (SSSR count). The summed E-state index contributed by atoms with van der Waals surface area (Å²) in [5, 5.41) is 17.8. The molecule has 18 nitrogen and oxygen atoms in total. The summed E-state index contributed by atoms with van der Waals surface area (Å²) in [4.78, 5) is 121. The van der Waals surface area contributed by atoms with Gasteiger partial charge in [0.1, 0.15) is 24.2 Å². The Bertz CT molecular complexity index is 2380. The standard InChI is InChI=1S/C54H74N10O8S2/c1-29(55-7)45(65)57-37-17-23-73-39-27-53(3,4)43(63(39)51(37)71)47(67)59-41-33-15-11-9-13-31(33)25-35(41)49(69)61-19-21-62(22-20-61)50(70)36-26-32-14-10-12-16-34(32)42(36)60-48(68)44-54(5,6)28-40-64(44)52(72)38(18-24-74-40)58-46(66)30(2)56-8/h9-16,29-30,35-44,55-56H,17-28H2,1-8H3,(H,57,65)(H,58,66)(H,59,67)(H,60,68)/t29-,30-,35+,36+,37+,38+,39?,40?,41-,42-,43+,44+/m0/s1. The van der Waals surface area contributed by atoms with Crippen molar-refractivity contribution in [1.82, 2.24) is 51.5 Å². The average Bonchev–Trinajstić information content (AvgIpc) is 4.04. The highest BCUT2D eigenvalue weighted by Crippen LogP contribution is 2.49. The number of nitrogens with zero attached hydrogens (tertiary/aromatic N) is 4. The number of amides is 8. The van der Waals surface area contributed by atoms with Gasteiger partial charge in [0.2, 0.25) is 47.3 Å². The minimum absolute atomic E-state index is 0.125. The minimum Gasteiger partial charge on any atom is -0.347 e. The van der Waals surface area contributed by atoms with Crippen LogP contribution in [0.2, 0.25) is 0 Å². The Morgan fingerprint density at radius 2 is 0.932 bits per heavy atom. The topological polar surface area (TPSA) is 222 Å². The zero-order valence-corrected chi connectivity index (χ0v) is 45.5. The highest BCUT2D eigenvalue weighted by Gasteiger charge is 2.57. The zero-order valence-electron chi connectivity index (χ0n) is 43.9. The Labute approximate surface area is 443 Å². The van der Waals surface area contributed by atoms with Gasteiger partial charge in [-0.3, -0.25) is 38.4 Å². The lowest BCUT2D eigenvalue weighted by Gasteiger charge is -2.39. The molecule has 0 spiro atoms. The number of hydrogen-bond donors (Lipinski definition) is 6. The average molecular weight is 1060 g/mol. The third kappa shape index (κ3) is 10.2. The maximum absolute atomic E-state index is 14.8. The molecule has 0 bridgehead atoms. The van der Waals surface area contributed by atoms with Crippen molar-refractivity contribution in [2.24, 2.45) is 22.7 Å². The molecule has 20 heteroatoms. The van der Waals surface area contributed by atoms with Gasteiger partial charge in [-0.05, 0) is 111 Å². The maximum Gasteiger partial charge on any atom is 0.246 e. The van der Waals surface area contributed by atoms with Crippen LogP contribution < -0.4 is 31.9 Å². The van der Waals surface area contributed by atoms with Crippen LogP contribution in [0.3, 0.4) is 0 Å². The van der Waals surface area contributed by atoms with E-state index in [4.69, 9.17) is 0 Å². The van der Waals surface area contributed by atoms with Gasteiger partial charge in [-0.1, -0.05) is 76.2 Å². The molecule has 2 aromatic rings. The zero-order chi connectivity index (χ0) is 53.0. The molecule has 5 fully saturated rings. The Kier molecular flexibility index (Phi) is 15.5. The molecule has 2 aromatic carbocycles. The predicted octanol–water partition coefficient (Wildman–Crippen LogP) is 2.08. The summed E-state index contributed by atoms with van der Waals surface area (Å²) in [6, 6.07) is 10.0. The maximum atomic E-state index is 14.8. The first kappa shape index (κ1) is 53.6. The minimum atomic E-state index is -0.837. The van der Waals surface area contributed by atoms with Crippen molar-refractivity contribution in [1.29, 1.82) is 0 Å². The van der Waals surface area contributed by atoms with Crippen molar-refractivity contribution in [3.05, 3.63) is 70.8 Å². The molecule has 7 aliphatic rings. The van der Waals surface area contributed by atoms with E-state index in [9.17, 15) is 38.4 Å². The quantitative estimate of drug-likeness (QED) is 0.180. The highest BCUT2D eigenvalue weighted by atomic mass is 32.2. The van der Waals surface area contributed by atoms with Crippen molar-refractivity contribution in [2.75, 3.05) is 51.8 Å². The third-order valence-corrected chi connectivity index (χ3v) is 19.5. The van der Waals surface area contributed by atoms with Crippen molar-refractivity contribution < 1.29 is 38.4 Å². The lowest BCUT2D eigenvalue weighted by atomic mass is 9.83. The van der Waals surface area contributed by atoms with Gasteiger partial charge in [-0.25, -0.2) is 0 Å². The fourth-order valence-electron chi connectivity index (χ4n) is 12.6. The van der Waals surface area contributed by atoms with E-state index in [0.29, 0.717) is 50.0 Å². The largest absolute Gasteiger partial charge is 0.347 e. The fourth-order valence-corrected chi connectivity index (χ4v) is 15.8. The Hall–Kier alpha value is -5.18. The molecule has 0 saturated carbocycles. The van der Waals surface area contributed by atoms with Gasteiger partial charge in [0, 0.05) is 26.2 Å². The Morgan fingerprint density at radius 1 is 0.568 bits per heavy atom. The van der Waals surface area contributed by atoms with Crippen molar-refractivity contribution >= 4 is 70.8 Å². The number of piperazine rings is 1. The van der Waals surface area contributed by atoms with Gasteiger partial charge in [0.05, 0.1) is 46.8 Å². The number of nitrogens with one attached hydrogen (secondary N) is 6. The van der Waals surface area contributed by atoms with E-state index >= 15 is 0 Å². The molecule has 12 atom stereocenters. The van der Waals surface area contributed by atoms with E-state index < -0.39 is 71.0 Å². The van der Waals surface area contributed by atoms with E-state index in [-0.39, 0.29) is 84.2 Å². The number of hydrogen-bond acceptors (Lipinski definition) is 12. The lowest BCUT2D eigenvalue weighted by Crippen LogP contribution is -2.59. The fraction of sp³-hybridized carbons (Fsp3) is 0.630. The third-order valence-electron chi connectivity index (χ3n) is 17.0. The van der Waals surface area contributed by atoms with Crippen LogP contribution in [-0.2, 0) is 51.2 Å². The summed E-state index contributed by atoms with van der Waals surface area (Å²) >= 11 is 3.26. The molecular weight excluding hydrogens is 981 g/mol. The normalized spacial score (nSPS) is 30.7. The van der Waals surface area contributed by atoms with Crippen LogP contribution in [0.25, 0.3) is 0 Å². The molecule has 5 heterocycles. The molecule has 74 heavy (non-hydrogen) atoms.